The molecule has 1 heterocycles. The summed E-state index contributed by atoms with van der Waals surface area (Å²) < 4.78 is 7.40. The summed E-state index contributed by atoms with van der Waals surface area (Å²) in [5, 5.41) is 15.7. The molecule has 1 aromatic heterocycles. The summed E-state index contributed by atoms with van der Waals surface area (Å²) in [6.07, 6.45) is 1.57. The van der Waals surface area contributed by atoms with Crippen LogP contribution in [0.25, 0.3) is 0 Å². The summed E-state index contributed by atoms with van der Waals surface area (Å²) in [6, 6.07) is 11.0. The highest BCUT2D eigenvalue weighted by Crippen LogP contribution is 2.29. The zero-order valence-corrected chi connectivity index (χ0v) is 18.4. The molecule has 1 amide bonds. The number of nitrogens with zero attached hydrogens (tertiary/aromatic N) is 4. The van der Waals surface area contributed by atoms with Crippen molar-refractivity contribution in [2.24, 2.45) is 0 Å². The van der Waals surface area contributed by atoms with Gasteiger partial charge in [-0.25, -0.2) is 0 Å². The number of ether oxygens (including phenoxy) is 1. The van der Waals surface area contributed by atoms with Crippen molar-refractivity contribution in [1.29, 1.82) is 0 Å². The minimum Gasteiger partial charge on any atom is -0.487 e. The first-order valence-electron chi connectivity index (χ1n) is 9.41. The van der Waals surface area contributed by atoms with Crippen LogP contribution in [-0.4, -0.2) is 32.6 Å². The van der Waals surface area contributed by atoms with Gasteiger partial charge in [0, 0.05) is 31.3 Å². The Morgan fingerprint density at radius 3 is 2.52 bits per heavy atom. The van der Waals surface area contributed by atoms with Gasteiger partial charge in [-0.15, -0.1) is 0 Å². The van der Waals surface area contributed by atoms with E-state index in [1.54, 1.807) is 47.1 Å². The van der Waals surface area contributed by atoms with E-state index < -0.39 is 4.92 Å². The minimum absolute atomic E-state index is 0.104. The number of hydrogen-bond acceptors (Lipinski definition) is 5. The molecular weight excluding hydrogens is 443 g/mol. The third-order valence-corrected chi connectivity index (χ3v) is 5.26. The zero-order chi connectivity index (χ0) is 22.5. The standard InChI is InChI=1S/C21H20Cl2N4O4/c1-3-26-19(18(23)11-24-26)12-25(2)21(28)15-6-4-14(5-7-15)13-31-20-9-8-16(27(29)30)10-17(20)22/h4-11H,3,12-13H2,1-2H3. The Morgan fingerprint density at radius 2 is 1.90 bits per heavy atom. The minimum atomic E-state index is -0.521. The molecule has 0 saturated heterocycles. The van der Waals surface area contributed by atoms with Gasteiger partial charge in [0.25, 0.3) is 11.6 Å². The molecular formula is C21H20Cl2N4O4. The second-order valence-electron chi connectivity index (χ2n) is 6.77. The molecule has 0 unspecified atom stereocenters. The van der Waals surface area contributed by atoms with E-state index in [9.17, 15) is 14.9 Å². The van der Waals surface area contributed by atoms with Crippen molar-refractivity contribution in [2.45, 2.75) is 26.6 Å². The largest absolute Gasteiger partial charge is 0.487 e. The van der Waals surface area contributed by atoms with Gasteiger partial charge in [0.05, 0.1) is 33.4 Å². The predicted octanol–water partition coefficient (Wildman–Crippen LogP) is 4.97. The molecule has 0 saturated carbocycles. The van der Waals surface area contributed by atoms with Gasteiger partial charge in [0.2, 0.25) is 0 Å². The van der Waals surface area contributed by atoms with E-state index in [0.717, 1.165) is 11.3 Å². The number of aryl methyl sites for hydroxylation is 1. The SMILES string of the molecule is CCn1ncc(Cl)c1CN(C)C(=O)c1ccc(COc2ccc([N+](=O)[O-])cc2Cl)cc1. The van der Waals surface area contributed by atoms with Crippen molar-refractivity contribution in [3.8, 4) is 5.75 Å². The fourth-order valence-corrected chi connectivity index (χ4v) is 3.39. The van der Waals surface area contributed by atoms with Gasteiger partial charge in [0.15, 0.2) is 0 Å². The smallest absolute Gasteiger partial charge is 0.271 e. The molecule has 0 aliphatic carbocycles. The molecule has 10 heteroatoms. The third kappa shape index (κ3) is 5.34. The van der Waals surface area contributed by atoms with E-state index in [4.69, 9.17) is 27.9 Å². The van der Waals surface area contributed by atoms with Crippen LogP contribution >= 0.6 is 23.2 Å². The highest BCUT2D eigenvalue weighted by molar-refractivity contribution is 6.32. The molecule has 0 atom stereocenters. The number of nitro benzene ring substituents is 1. The monoisotopic (exact) mass is 462 g/mol. The molecule has 0 spiro atoms. The van der Waals surface area contributed by atoms with E-state index in [-0.39, 0.29) is 23.2 Å². The van der Waals surface area contributed by atoms with Crippen molar-refractivity contribution < 1.29 is 14.5 Å². The Hall–Kier alpha value is -3.10. The summed E-state index contributed by atoms with van der Waals surface area (Å²) >= 11 is 12.2. The first-order valence-corrected chi connectivity index (χ1v) is 10.2. The Balaban J connectivity index is 1.62. The number of non-ortho nitro benzene ring substituents is 1. The summed E-state index contributed by atoms with van der Waals surface area (Å²) in [4.78, 5) is 24.6. The predicted molar refractivity (Wildman–Crippen MR) is 118 cm³/mol. The van der Waals surface area contributed by atoms with Gasteiger partial charge in [-0.2, -0.15) is 5.10 Å². The molecule has 0 fully saturated rings. The molecule has 8 nitrogen and oxygen atoms in total. The Bertz CT molecular complexity index is 1100. The van der Waals surface area contributed by atoms with Crippen LogP contribution in [0.3, 0.4) is 0 Å². The molecule has 0 aliphatic rings. The van der Waals surface area contributed by atoms with Gasteiger partial charge in [-0.05, 0) is 30.7 Å². The fourth-order valence-electron chi connectivity index (χ4n) is 2.96. The molecule has 3 aromatic rings. The maximum absolute atomic E-state index is 12.8. The number of aromatic nitrogens is 2. The van der Waals surface area contributed by atoms with Gasteiger partial charge in [-0.1, -0.05) is 35.3 Å². The number of carbonyl (C=O) groups is 1. The first-order chi connectivity index (χ1) is 14.8. The van der Waals surface area contributed by atoms with Crippen LogP contribution in [-0.2, 0) is 19.7 Å². The van der Waals surface area contributed by atoms with Crippen LogP contribution in [0.5, 0.6) is 5.75 Å². The average molecular weight is 463 g/mol. The number of carbonyl (C=O) groups excluding carboxylic acids is 1. The number of halogens is 2. The normalized spacial score (nSPS) is 10.7. The van der Waals surface area contributed by atoms with Crippen LogP contribution < -0.4 is 4.74 Å². The maximum atomic E-state index is 12.8. The average Bonchev–Trinajstić information content (AvgIpc) is 3.11. The van der Waals surface area contributed by atoms with E-state index >= 15 is 0 Å². The van der Waals surface area contributed by atoms with Gasteiger partial charge >= 0.3 is 0 Å². The lowest BCUT2D eigenvalue weighted by Crippen LogP contribution is -2.27. The third-order valence-electron chi connectivity index (χ3n) is 4.65. The van der Waals surface area contributed by atoms with E-state index in [1.807, 2.05) is 6.92 Å². The van der Waals surface area contributed by atoms with Crippen molar-refractivity contribution in [1.82, 2.24) is 14.7 Å². The van der Waals surface area contributed by atoms with Crippen LogP contribution in [0.1, 0.15) is 28.5 Å². The lowest BCUT2D eigenvalue weighted by Gasteiger charge is -2.18. The van der Waals surface area contributed by atoms with Gasteiger partial charge in [0.1, 0.15) is 12.4 Å². The highest BCUT2D eigenvalue weighted by atomic mass is 35.5. The molecule has 162 valence electrons. The number of rotatable bonds is 8. The second-order valence-corrected chi connectivity index (χ2v) is 7.59. The number of nitro groups is 1. The van der Waals surface area contributed by atoms with Gasteiger partial charge < -0.3 is 9.64 Å². The zero-order valence-electron chi connectivity index (χ0n) is 16.9. The fraction of sp³-hybridized carbons (Fsp3) is 0.238. The van der Waals surface area contributed by atoms with Crippen molar-refractivity contribution in [2.75, 3.05) is 7.05 Å². The van der Waals surface area contributed by atoms with E-state index in [1.165, 1.54) is 18.2 Å². The molecule has 0 N–H and O–H groups in total. The maximum Gasteiger partial charge on any atom is 0.271 e. The van der Waals surface area contributed by atoms with E-state index in [0.29, 0.717) is 29.4 Å². The quantitative estimate of drug-likeness (QED) is 0.348. The Kier molecular flexibility index (Phi) is 7.14. The molecule has 0 bridgehead atoms. The Morgan fingerprint density at radius 1 is 1.19 bits per heavy atom. The number of hydrogen-bond donors (Lipinski definition) is 0. The van der Waals surface area contributed by atoms with Gasteiger partial charge in [-0.3, -0.25) is 19.6 Å². The van der Waals surface area contributed by atoms with E-state index in [2.05, 4.69) is 5.10 Å². The van der Waals surface area contributed by atoms with Crippen LogP contribution in [0, 0.1) is 10.1 Å². The van der Waals surface area contributed by atoms with Crippen LogP contribution in [0.4, 0.5) is 5.69 Å². The summed E-state index contributed by atoms with van der Waals surface area (Å²) in [7, 11) is 1.71. The lowest BCUT2D eigenvalue weighted by atomic mass is 10.1. The van der Waals surface area contributed by atoms with Crippen molar-refractivity contribution >= 4 is 34.8 Å². The molecule has 3 rings (SSSR count). The number of benzene rings is 2. The lowest BCUT2D eigenvalue weighted by molar-refractivity contribution is -0.384. The molecule has 31 heavy (non-hydrogen) atoms. The van der Waals surface area contributed by atoms with Crippen molar-refractivity contribution in [3.05, 3.63) is 85.6 Å². The van der Waals surface area contributed by atoms with Crippen LogP contribution in [0.15, 0.2) is 48.7 Å². The Labute approximate surface area is 189 Å². The number of amides is 1. The molecule has 0 radical (unpaired) electrons. The summed E-state index contributed by atoms with van der Waals surface area (Å²) in [5.74, 6) is 0.197. The van der Waals surface area contributed by atoms with Crippen molar-refractivity contribution in [3.63, 3.8) is 0 Å². The summed E-state index contributed by atoms with van der Waals surface area (Å²) in [6.45, 7) is 3.17. The second kappa shape index (κ2) is 9.80. The molecule has 2 aromatic carbocycles. The molecule has 0 aliphatic heterocycles. The first kappa shape index (κ1) is 22.6. The van der Waals surface area contributed by atoms with Crippen LogP contribution in [0.2, 0.25) is 10.0 Å². The highest BCUT2D eigenvalue weighted by Gasteiger charge is 2.17. The topological polar surface area (TPSA) is 90.5 Å². The summed E-state index contributed by atoms with van der Waals surface area (Å²) in [5.41, 5.74) is 2.02.